The Kier molecular flexibility index (Phi) is 3.22. The molecule has 2 rings (SSSR count). The van der Waals surface area contributed by atoms with Crippen LogP contribution in [0.3, 0.4) is 0 Å². The molecule has 0 bridgehead atoms. The molecule has 1 N–H and O–H groups in total. The van der Waals surface area contributed by atoms with Crippen LogP contribution in [-0.4, -0.2) is 25.7 Å². The van der Waals surface area contributed by atoms with Gasteiger partial charge in [-0.25, -0.2) is 4.79 Å². The number of methoxy groups -OCH3 is 1. The minimum Gasteiger partial charge on any atom is -0.497 e. The Morgan fingerprint density at radius 1 is 1.53 bits per heavy atom. The molecule has 0 saturated carbocycles. The summed E-state index contributed by atoms with van der Waals surface area (Å²) >= 11 is 0. The first-order chi connectivity index (χ1) is 8.17. The molecule has 1 heterocycles. The van der Waals surface area contributed by atoms with Gasteiger partial charge in [-0.15, -0.1) is 0 Å². The fraction of sp³-hybridized carbons (Fsp3) is 0.462. The first kappa shape index (κ1) is 11.8. The number of fused-ring (bicyclic) bond motifs is 1. The third-order valence-electron chi connectivity index (χ3n) is 3.05. The van der Waals surface area contributed by atoms with Crippen LogP contribution in [0.4, 0.5) is 0 Å². The molecule has 0 amide bonds. The monoisotopic (exact) mass is 235 g/mol. The molecule has 4 nitrogen and oxygen atoms in total. The van der Waals surface area contributed by atoms with Crippen LogP contribution in [-0.2, 0) is 14.3 Å². The van der Waals surface area contributed by atoms with Crippen molar-refractivity contribution in [2.75, 3.05) is 13.7 Å². The summed E-state index contributed by atoms with van der Waals surface area (Å²) < 4.78 is 10.3. The lowest BCUT2D eigenvalue weighted by Gasteiger charge is -2.20. The predicted octanol–water partition coefficient (Wildman–Crippen LogP) is 1.51. The lowest BCUT2D eigenvalue weighted by molar-refractivity contribution is -0.138. The lowest BCUT2D eigenvalue weighted by atomic mass is 9.90. The first-order valence-corrected chi connectivity index (χ1v) is 5.75. The summed E-state index contributed by atoms with van der Waals surface area (Å²) in [4.78, 5) is 11.9. The molecule has 4 heteroatoms. The zero-order chi connectivity index (χ0) is 12.4. The number of carbonyl (C=O) groups is 1. The molecule has 17 heavy (non-hydrogen) atoms. The number of hydrogen-bond donors (Lipinski definition) is 1. The summed E-state index contributed by atoms with van der Waals surface area (Å²) in [5.74, 6) is 0.547. The maximum absolute atomic E-state index is 11.9. The second kappa shape index (κ2) is 4.65. The van der Waals surface area contributed by atoms with E-state index in [0.717, 1.165) is 11.5 Å². The summed E-state index contributed by atoms with van der Waals surface area (Å²) in [5.41, 5.74) is 1.59. The van der Waals surface area contributed by atoms with Crippen LogP contribution in [0.1, 0.15) is 13.8 Å². The largest absolute Gasteiger partial charge is 0.497 e. The van der Waals surface area contributed by atoms with Gasteiger partial charge in [0.2, 0.25) is 0 Å². The third-order valence-corrected chi connectivity index (χ3v) is 3.05. The van der Waals surface area contributed by atoms with Gasteiger partial charge in [0.15, 0.2) is 0 Å². The van der Waals surface area contributed by atoms with Crippen LogP contribution in [0.5, 0.6) is 0 Å². The molecule has 0 radical (unpaired) electrons. The van der Waals surface area contributed by atoms with E-state index in [2.05, 4.69) is 5.32 Å². The minimum absolute atomic E-state index is 0.00833. The molecule has 0 fully saturated rings. The number of ether oxygens (including phenoxy) is 2. The van der Waals surface area contributed by atoms with Crippen molar-refractivity contribution in [3.63, 3.8) is 0 Å². The topological polar surface area (TPSA) is 47.6 Å². The fourth-order valence-corrected chi connectivity index (χ4v) is 2.27. The van der Waals surface area contributed by atoms with Gasteiger partial charge in [0.1, 0.15) is 5.76 Å². The number of hydrogen-bond acceptors (Lipinski definition) is 4. The number of allylic oxidation sites excluding steroid dienone is 2. The fourth-order valence-electron chi connectivity index (χ4n) is 2.27. The van der Waals surface area contributed by atoms with Gasteiger partial charge in [-0.1, -0.05) is 6.08 Å². The van der Waals surface area contributed by atoms with E-state index in [9.17, 15) is 4.79 Å². The van der Waals surface area contributed by atoms with Crippen LogP contribution < -0.4 is 5.32 Å². The summed E-state index contributed by atoms with van der Waals surface area (Å²) in [7, 11) is 1.62. The van der Waals surface area contributed by atoms with Gasteiger partial charge in [0, 0.05) is 11.6 Å². The van der Waals surface area contributed by atoms with Crippen molar-refractivity contribution < 1.29 is 14.3 Å². The van der Waals surface area contributed by atoms with Crippen LogP contribution in [0.2, 0.25) is 0 Å². The summed E-state index contributed by atoms with van der Waals surface area (Å²) in [6.45, 7) is 4.10. The van der Waals surface area contributed by atoms with Crippen LogP contribution in [0.25, 0.3) is 0 Å². The van der Waals surface area contributed by atoms with Crippen molar-refractivity contribution in [1.82, 2.24) is 5.32 Å². The zero-order valence-corrected chi connectivity index (χ0v) is 10.3. The molecular weight excluding hydrogens is 218 g/mol. The second-order valence-corrected chi connectivity index (χ2v) is 4.09. The second-order valence-electron chi connectivity index (χ2n) is 4.09. The highest BCUT2D eigenvalue weighted by molar-refractivity contribution is 5.91. The van der Waals surface area contributed by atoms with Crippen molar-refractivity contribution >= 4 is 5.97 Å². The highest BCUT2D eigenvalue weighted by Gasteiger charge is 2.36. The molecule has 0 spiro atoms. The van der Waals surface area contributed by atoms with Gasteiger partial charge in [-0.2, -0.15) is 0 Å². The molecule has 92 valence electrons. The van der Waals surface area contributed by atoms with E-state index >= 15 is 0 Å². The van der Waals surface area contributed by atoms with Gasteiger partial charge in [-0.3, -0.25) is 0 Å². The quantitative estimate of drug-likeness (QED) is 0.753. The van der Waals surface area contributed by atoms with Gasteiger partial charge >= 0.3 is 5.97 Å². The Morgan fingerprint density at radius 2 is 2.29 bits per heavy atom. The number of esters is 1. The smallest absolute Gasteiger partial charge is 0.336 e. The highest BCUT2D eigenvalue weighted by Crippen LogP contribution is 2.32. The molecular formula is C13H17NO3. The minimum atomic E-state index is -0.244. The van der Waals surface area contributed by atoms with Crippen molar-refractivity contribution in [3.05, 3.63) is 35.3 Å². The highest BCUT2D eigenvalue weighted by atomic mass is 16.5. The van der Waals surface area contributed by atoms with Crippen molar-refractivity contribution in [3.8, 4) is 0 Å². The molecule has 2 unspecified atom stereocenters. The molecule has 0 aromatic heterocycles. The average molecular weight is 235 g/mol. The molecule has 2 atom stereocenters. The Labute approximate surface area is 101 Å². The van der Waals surface area contributed by atoms with Crippen LogP contribution in [0.15, 0.2) is 35.3 Å². The zero-order valence-electron chi connectivity index (χ0n) is 10.3. The van der Waals surface area contributed by atoms with E-state index in [1.54, 1.807) is 7.11 Å². The summed E-state index contributed by atoms with van der Waals surface area (Å²) in [6, 6.07) is 0.133. The average Bonchev–Trinajstić information content (AvgIpc) is 2.64. The molecule has 1 aliphatic heterocycles. The first-order valence-electron chi connectivity index (χ1n) is 5.75. The summed E-state index contributed by atoms with van der Waals surface area (Å²) in [5, 5.41) is 3.28. The lowest BCUT2D eigenvalue weighted by Crippen LogP contribution is -2.28. The van der Waals surface area contributed by atoms with Gasteiger partial charge in [0.05, 0.1) is 25.3 Å². The van der Waals surface area contributed by atoms with Crippen LogP contribution >= 0.6 is 0 Å². The molecule has 0 aromatic carbocycles. The van der Waals surface area contributed by atoms with Crippen molar-refractivity contribution in [2.24, 2.45) is 5.92 Å². The number of nitrogens with one attached hydrogen (secondary N) is 1. The molecule has 1 aliphatic carbocycles. The summed E-state index contributed by atoms with van der Waals surface area (Å²) in [6.07, 6.45) is 5.88. The van der Waals surface area contributed by atoms with E-state index in [4.69, 9.17) is 9.47 Å². The Bertz CT molecular complexity index is 420. The number of carbonyl (C=O) groups excluding carboxylic acids is 1. The SMILES string of the molecule is CCOC(=O)C1=C(C)NC2C=CC(OC)=CC12. The van der Waals surface area contributed by atoms with Gasteiger partial charge in [-0.05, 0) is 26.0 Å². The van der Waals surface area contributed by atoms with Gasteiger partial charge in [0.25, 0.3) is 0 Å². The normalized spacial score (nSPS) is 26.2. The Hall–Kier alpha value is -1.71. The third kappa shape index (κ3) is 2.07. The Morgan fingerprint density at radius 3 is 2.94 bits per heavy atom. The maximum atomic E-state index is 11.9. The molecule has 2 aliphatic rings. The van der Waals surface area contributed by atoms with Gasteiger partial charge < -0.3 is 14.8 Å². The van der Waals surface area contributed by atoms with Crippen molar-refractivity contribution in [1.29, 1.82) is 0 Å². The number of rotatable bonds is 3. The van der Waals surface area contributed by atoms with E-state index in [1.807, 2.05) is 32.1 Å². The van der Waals surface area contributed by atoms with E-state index in [0.29, 0.717) is 12.2 Å². The van der Waals surface area contributed by atoms with Crippen LogP contribution in [0, 0.1) is 5.92 Å². The molecule has 0 aromatic rings. The Balaban J connectivity index is 2.26. The maximum Gasteiger partial charge on any atom is 0.336 e. The molecule has 0 saturated heterocycles. The van der Waals surface area contributed by atoms with E-state index < -0.39 is 0 Å². The predicted molar refractivity (Wildman–Crippen MR) is 64.0 cm³/mol. The van der Waals surface area contributed by atoms with Crippen molar-refractivity contribution in [2.45, 2.75) is 19.9 Å². The van der Waals surface area contributed by atoms with E-state index in [-0.39, 0.29) is 17.9 Å². The van der Waals surface area contributed by atoms with E-state index in [1.165, 1.54) is 0 Å². The standard InChI is InChI=1S/C13H17NO3/c1-4-17-13(15)12-8(2)14-11-6-5-9(16-3)7-10(11)12/h5-7,10-11,14H,4H2,1-3H3.